The number of aromatic nitrogens is 2. The molecule has 1 aromatic heterocycles. The van der Waals surface area contributed by atoms with Crippen LogP contribution in [0.3, 0.4) is 0 Å². The van der Waals surface area contributed by atoms with Gasteiger partial charge in [0.1, 0.15) is 5.75 Å². The van der Waals surface area contributed by atoms with Gasteiger partial charge in [0.2, 0.25) is 0 Å². The lowest BCUT2D eigenvalue weighted by molar-refractivity contribution is -0.384. The van der Waals surface area contributed by atoms with E-state index in [2.05, 4.69) is 5.10 Å². The van der Waals surface area contributed by atoms with Crippen LogP contribution in [0.2, 0.25) is 0 Å². The van der Waals surface area contributed by atoms with Gasteiger partial charge in [0.15, 0.2) is 5.69 Å². The van der Waals surface area contributed by atoms with E-state index in [1.54, 1.807) is 37.4 Å². The minimum atomic E-state index is -1.18. The van der Waals surface area contributed by atoms with E-state index in [0.717, 1.165) is 0 Å². The van der Waals surface area contributed by atoms with Crippen LogP contribution in [0.5, 0.6) is 5.75 Å². The maximum Gasteiger partial charge on any atom is 0.354 e. The highest BCUT2D eigenvalue weighted by atomic mass is 16.6. The maximum absolute atomic E-state index is 11.5. The van der Waals surface area contributed by atoms with Crippen molar-refractivity contribution in [3.8, 4) is 22.7 Å². The molecule has 25 heavy (non-hydrogen) atoms. The van der Waals surface area contributed by atoms with Gasteiger partial charge >= 0.3 is 5.97 Å². The summed E-state index contributed by atoms with van der Waals surface area (Å²) in [5.74, 6) is -0.515. The Hall–Kier alpha value is -3.68. The third-order valence-corrected chi connectivity index (χ3v) is 3.60. The predicted octanol–water partition coefficient (Wildman–Crippen LogP) is 3.15. The second-order valence-corrected chi connectivity index (χ2v) is 5.14. The summed E-state index contributed by atoms with van der Waals surface area (Å²) in [7, 11) is 1.55. The third kappa shape index (κ3) is 3.18. The molecule has 0 aliphatic carbocycles. The van der Waals surface area contributed by atoms with Gasteiger partial charge in [0.05, 0.1) is 23.4 Å². The van der Waals surface area contributed by atoms with Crippen molar-refractivity contribution < 1.29 is 19.6 Å². The molecule has 2 aromatic carbocycles. The van der Waals surface area contributed by atoms with E-state index in [1.807, 2.05) is 0 Å². The van der Waals surface area contributed by atoms with Gasteiger partial charge in [-0.25, -0.2) is 9.48 Å². The summed E-state index contributed by atoms with van der Waals surface area (Å²) in [5.41, 5.74) is 1.20. The number of aromatic carboxylic acids is 1. The van der Waals surface area contributed by atoms with Crippen molar-refractivity contribution in [1.29, 1.82) is 0 Å². The summed E-state index contributed by atoms with van der Waals surface area (Å²) in [4.78, 5) is 21.9. The van der Waals surface area contributed by atoms with Gasteiger partial charge in [-0.15, -0.1) is 0 Å². The zero-order valence-electron chi connectivity index (χ0n) is 13.1. The van der Waals surface area contributed by atoms with E-state index in [9.17, 15) is 20.0 Å². The second-order valence-electron chi connectivity index (χ2n) is 5.14. The highest BCUT2D eigenvalue weighted by Gasteiger charge is 2.18. The minimum absolute atomic E-state index is 0.0914. The monoisotopic (exact) mass is 339 g/mol. The fraction of sp³-hybridized carbons (Fsp3) is 0.0588. The number of carboxylic acid groups (broad SMARTS) is 1. The third-order valence-electron chi connectivity index (χ3n) is 3.60. The lowest BCUT2D eigenvalue weighted by Crippen LogP contribution is -2.08. The molecule has 0 radical (unpaired) electrons. The first-order valence-electron chi connectivity index (χ1n) is 7.22. The molecule has 8 heteroatoms. The van der Waals surface area contributed by atoms with Crippen molar-refractivity contribution in [2.24, 2.45) is 0 Å². The number of methoxy groups -OCH3 is 1. The molecule has 0 atom stereocenters. The molecule has 0 spiro atoms. The summed E-state index contributed by atoms with van der Waals surface area (Å²) in [6, 6.07) is 14.1. The molecular weight excluding hydrogens is 326 g/mol. The number of hydrogen-bond donors (Lipinski definition) is 1. The number of carboxylic acids is 1. The number of nitrogens with zero attached hydrogens (tertiary/aromatic N) is 3. The first-order chi connectivity index (χ1) is 12.0. The van der Waals surface area contributed by atoms with Crippen molar-refractivity contribution in [2.75, 3.05) is 7.11 Å². The average Bonchev–Trinajstić information content (AvgIpc) is 3.07. The zero-order chi connectivity index (χ0) is 18.0. The van der Waals surface area contributed by atoms with E-state index in [-0.39, 0.29) is 11.4 Å². The molecule has 126 valence electrons. The summed E-state index contributed by atoms with van der Waals surface area (Å²) >= 11 is 0. The van der Waals surface area contributed by atoms with Crippen LogP contribution in [-0.4, -0.2) is 32.9 Å². The molecule has 0 saturated heterocycles. The van der Waals surface area contributed by atoms with Gasteiger partial charge in [-0.05, 0) is 36.4 Å². The van der Waals surface area contributed by atoms with Crippen LogP contribution in [0.25, 0.3) is 16.9 Å². The Morgan fingerprint density at radius 3 is 2.52 bits per heavy atom. The van der Waals surface area contributed by atoms with Crippen LogP contribution in [0.4, 0.5) is 5.69 Å². The molecule has 0 aliphatic heterocycles. The smallest absolute Gasteiger partial charge is 0.354 e. The van der Waals surface area contributed by atoms with E-state index in [1.165, 1.54) is 28.9 Å². The standard InChI is InChI=1S/C17H13N3O5/c1-25-14-7-5-11(6-8-14)15-10-16(17(21)22)19(18-15)12-3-2-4-13(9-12)20(23)24/h2-10H,1H3,(H,21,22). The summed E-state index contributed by atoms with van der Waals surface area (Å²) in [6.07, 6.45) is 0. The number of benzene rings is 2. The molecule has 1 N–H and O–H groups in total. The number of hydrogen-bond acceptors (Lipinski definition) is 5. The molecule has 0 saturated carbocycles. The molecular formula is C17H13N3O5. The average molecular weight is 339 g/mol. The largest absolute Gasteiger partial charge is 0.497 e. The fourth-order valence-corrected chi connectivity index (χ4v) is 2.37. The molecule has 0 aliphatic rings. The van der Waals surface area contributed by atoms with E-state index >= 15 is 0 Å². The fourth-order valence-electron chi connectivity index (χ4n) is 2.37. The number of rotatable bonds is 5. The van der Waals surface area contributed by atoms with Gasteiger partial charge in [-0.3, -0.25) is 10.1 Å². The molecule has 3 aromatic rings. The van der Waals surface area contributed by atoms with Gasteiger partial charge in [-0.2, -0.15) is 5.10 Å². The number of nitro groups is 1. The molecule has 0 bridgehead atoms. The summed E-state index contributed by atoms with van der Waals surface area (Å²) < 4.78 is 6.27. The minimum Gasteiger partial charge on any atom is -0.497 e. The summed E-state index contributed by atoms with van der Waals surface area (Å²) in [6.45, 7) is 0. The van der Waals surface area contributed by atoms with Crippen LogP contribution >= 0.6 is 0 Å². The second kappa shape index (κ2) is 6.44. The lowest BCUT2D eigenvalue weighted by atomic mass is 10.1. The first kappa shape index (κ1) is 16.2. The van der Waals surface area contributed by atoms with E-state index < -0.39 is 10.9 Å². The van der Waals surface area contributed by atoms with Gasteiger partial charge < -0.3 is 9.84 Å². The first-order valence-corrected chi connectivity index (χ1v) is 7.22. The Labute approximate surface area is 142 Å². The van der Waals surface area contributed by atoms with Crippen LogP contribution < -0.4 is 4.74 Å². The van der Waals surface area contributed by atoms with Gasteiger partial charge in [0.25, 0.3) is 5.69 Å². The SMILES string of the molecule is COc1ccc(-c2cc(C(=O)O)n(-c3cccc([N+](=O)[O-])c3)n2)cc1. The van der Waals surface area contributed by atoms with Crippen LogP contribution in [0.1, 0.15) is 10.5 Å². The Balaban J connectivity index is 2.10. The molecule has 3 rings (SSSR count). The Morgan fingerprint density at radius 2 is 1.92 bits per heavy atom. The van der Waals surface area contributed by atoms with Crippen molar-refractivity contribution in [1.82, 2.24) is 9.78 Å². The highest BCUT2D eigenvalue weighted by molar-refractivity contribution is 5.88. The van der Waals surface area contributed by atoms with Crippen LogP contribution in [0, 0.1) is 10.1 Å². The molecule has 0 unspecified atom stereocenters. The van der Waals surface area contributed by atoms with Crippen molar-refractivity contribution >= 4 is 11.7 Å². The molecule has 1 heterocycles. The van der Waals surface area contributed by atoms with Gasteiger partial charge in [-0.1, -0.05) is 6.07 Å². The van der Waals surface area contributed by atoms with Crippen molar-refractivity contribution in [3.63, 3.8) is 0 Å². The van der Waals surface area contributed by atoms with Crippen molar-refractivity contribution in [2.45, 2.75) is 0 Å². The quantitative estimate of drug-likeness (QED) is 0.565. The Bertz CT molecular complexity index is 947. The number of non-ortho nitro benzene ring substituents is 1. The van der Waals surface area contributed by atoms with Crippen LogP contribution in [-0.2, 0) is 0 Å². The number of ether oxygens (including phenoxy) is 1. The van der Waals surface area contributed by atoms with Gasteiger partial charge in [0, 0.05) is 17.7 Å². The summed E-state index contributed by atoms with van der Waals surface area (Å²) in [5, 5.41) is 24.7. The number of carbonyl (C=O) groups is 1. The van der Waals surface area contributed by atoms with E-state index in [0.29, 0.717) is 22.7 Å². The normalized spacial score (nSPS) is 10.4. The molecule has 0 amide bonds. The maximum atomic E-state index is 11.5. The van der Waals surface area contributed by atoms with Crippen molar-refractivity contribution in [3.05, 3.63) is 70.4 Å². The lowest BCUT2D eigenvalue weighted by Gasteiger charge is -2.04. The number of nitro benzene ring substituents is 1. The highest BCUT2D eigenvalue weighted by Crippen LogP contribution is 2.25. The Morgan fingerprint density at radius 1 is 1.20 bits per heavy atom. The molecule has 0 fully saturated rings. The predicted molar refractivity (Wildman–Crippen MR) is 89.2 cm³/mol. The van der Waals surface area contributed by atoms with E-state index in [4.69, 9.17) is 4.74 Å². The Kier molecular flexibility index (Phi) is 4.17. The van der Waals surface area contributed by atoms with Crippen LogP contribution in [0.15, 0.2) is 54.6 Å². The topological polar surface area (TPSA) is 107 Å². The molecule has 8 nitrogen and oxygen atoms in total. The zero-order valence-corrected chi connectivity index (χ0v) is 13.1.